The third-order valence-electron chi connectivity index (χ3n) is 3.76. The summed E-state index contributed by atoms with van der Waals surface area (Å²) < 4.78 is 32.2. The highest BCUT2D eigenvalue weighted by Gasteiger charge is 2.38. The molecule has 0 saturated heterocycles. The van der Waals surface area contributed by atoms with Gasteiger partial charge >= 0.3 is 0 Å². The van der Waals surface area contributed by atoms with Gasteiger partial charge in [0.15, 0.2) is 0 Å². The number of aliphatic imine (C=N–C) groups is 1. The molecule has 0 atom stereocenters. The quantitative estimate of drug-likeness (QED) is 0.888. The summed E-state index contributed by atoms with van der Waals surface area (Å²) in [6.07, 6.45) is 2.85. The molecule has 2 N–H and O–H groups in total. The first-order valence-corrected chi connectivity index (χ1v) is 8.48. The summed E-state index contributed by atoms with van der Waals surface area (Å²) in [5.74, 6) is 0.238. The highest BCUT2D eigenvalue weighted by atomic mass is 35.5. The second kappa shape index (κ2) is 5.15. The summed E-state index contributed by atoms with van der Waals surface area (Å²) in [5.41, 5.74) is 0.146. The number of nitrogens with zero attached hydrogens (tertiary/aromatic N) is 1. The highest BCUT2D eigenvalue weighted by molar-refractivity contribution is 7.90. The summed E-state index contributed by atoms with van der Waals surface area (Å²) in [4.78, 5) is 4.66. The summed E-state index contributed by atoms with van der Waals surface area (Å²) in [6, 6.07) is 4.69. The lowest BCUT2D eigenvalue weighted by molar-refractivity contribution is 0.0863. The van der Waals surface area contributed by atoms with E-state index >= 15 is 0 Å². The van der Waals surface area contributed by atoms with E-state index in [9.17, 15) is 8.42 Å². The lowest BCUT2D eigenvalue weighted by Crippen LogP contribution is -2.47. The Bertz CT molecular complexity index is 699. The average Bonchev–Trinajstić information content (AvgIpc) is 2.37. The molecule has 1 aliphatic heterocycles. The van der Waals surface area contributed by atoms with Gasteiger partial charge in [-0.2, -0.15) is 0 Å². The predicted molar refractivity (Wildman–Crippen MR) is 81.3 cm³/mol. The van der Waals surface area contributed by atoms with Gasteiger partial charge in [0.25, 0.3) is 10.0 Å². The first kappa shape index (κ1) is 14.6. The van der Waals surface area contributed by atoms with Crippen molar-refractivity contribution in [2.75, 3.05) is 19.0 Å². The van der Waals surface area contributed by atoms with E-state index in [-0.39, 0.29) is 16.4 Å². The minimum absolute atomic E-state index is 0.128. The molecular formula is C13H16ClN3O3S. The van der Waals surface area contributed by atoms with Gasteiger partial charge in [-0.05, 0) is 37.5 Å². The zero-order chi connectivity index (χ0) is 15.1. The van der Waals surface area contributed by atoms with Crippen LogP contribution in [0.3, 0.4) is 0 Å². The Morgan fingerprint density at radius 2 is 2.19 bits per heavy atom. The average molecular weight is 330 g/mol. The molecule has 8 heteroatoms. The molecule has 1 aromatic carbocycles. The summed E-state index contributed by atoms with van der Waals surface area (Å²) >= 11 is 5.85. The van der Waals surface area contributed by atoms with Crippen molar-refractivity contribution in [1.29, 1.82) is 0 Å². The molecule has 0 amide bonds. The maximum Gasteiger partial charge on any atom is 0.266 e. The van der Waals surface area contributed by atoms with Crippen LogP contribution in [0.2, 0.25) is 5.02 Å². The van der Waals surface area contributed by atoms with Gasteiger partial charge in [-0.15, -0.1) is 0 Å². The Hall–Kier alpha value is -1.31. The standard InChI is InChI=1S/C13H16ClN3O3S/c1-20-8-13(5-2-6-13)16-12-15-10-4-3-9(14)7-11(10)21(18,19)17-12/h3-4,7H,2,5-6,8H2,1H3,(H2,15,16,17). The van der Waals surface area contributed by atoms with Gasteiger partial charge in [0.1, 0.15) is 4.90 Å². The van der Waals surface area contributed by atoms with Crippen LogP contribution in [0.15, 0.2) is 28.1 Å². The number of hydrogen-bond donors (Lipinski definition) is 2. The molecule has 114 valence electrons. The van der Waals surface area contributed by atoms with E-state index in [1.807, 2.05) is 0 Å². The maximum atomic E-state index is 12.3. The SMILES string of the molecule is COCC1(N=C2Nc3ccc(Cl)cc3S(=O)(=O)N2)CCC1. The first-order valence-electron chi connectivity index (χ1n) is 6.62. The zero-order valence-corrected chi connectivity index (χ0v) is 13.1. The lowest BCUT2D eigenvalue weighted by atomic mass is 9.78. The van der Waals surface area contributed by atoms with Crippen LogP contribution < -0.4 is 10.0 Å². The fraction of sp³-hybridized carbons (Fsp3) is 0.462. The monoisotopic (exact) mass is 329 g/mol. The molecule has 0 spiro atoms. The molecule has 1 saturated carbocycles. The van der Waals surface area contributed by atoms with E-state index in [2.05, 4.69) is 15.0 Å². The smallest absolute Gasteiger partial charge is 0.266 e. The maximum absolute atomic E-state index is 12.3. The number of halogens is 1. The van der Waals surface area contributed by atoms with Gasteiger partial charge < -0.3 is 10.1 Å². The van der Waals surface area contributed by atoms with E-state index in [0.29, 0.717) is 17.3 Å². The van der Waals surface area contributed by atoms with E-state index in [4.69, 9.17) is 16.3 Å². The van der Waals surface area contributed by atoms with E-state index in [1.54, 1.807) is 19.2 Å². The molecule has 1 aliphatic carbocycles. The predicted octanol–water partition coefficient (Wildman–Crippen LogP) is 1.97. The van der Waals surface area contributed by atoms with Crippen LogP contribution in [0.4, 0.5) is 5.69 Å². The molecule has 1 aromatic rings. The lowest BCUT2D eigenvalue weighted by Gasteiger charge is -2.38. The van der Waals surface area contributed by atoms with Crippen molar-refractivity contribution in [3.63, 3.8) is 0 Å². The third kappa shape index (κ3) is 2.73. The number of methoxy groups -OCH3 is 1. The Kier molecular flexibility index (Phi) is 3.59. The number of ether oxygens (including phenoxy) is 1. The summed E-state index contributed by atoms with van der Waals surface area (Å²) in [6.45, 7) is 0.480. The molecule has 6 nitrogen and oxygen atoms in total. The first-order chi connectivity index (χ1) is 9.94. The molecule has 1 fully saturated rings. The topological polar surface area (TPSA) is 79.8 Å². The number of benzene rings is 1. The number of guanidine groups is 1. The van der Waals surface area contributed by atoms with Gasteiger partial charge in [0.05, 0.1) is 17.8 Å². The van der Waals surface area contributed by atoms with Gasteiger partial charge in [0.2, 0.25) is 5.96 Å². The Morgan fingerprint density at radius 1 is 1.43 bits per heavy atom. The second-order valence-electron chi connectivity index (χ2n) is 5.34. The van der Waals surface area contributed by atoms with Gasteiger partial charge in [-0.25, -0.2) is 18.1 Å². The van der Waals surface area contributed by atoms with Gasteiger partial charge in [0, 0.05) is 12.1 Å². The highest BCUT2D eigenvalue weighted by Crippen LogP contribution is 2.37. The summed E-state index contributed by atoms with van der Waals surface area (Å²) in [5, 5.41) is 3.38. The van der Waals surface area contributed by atoms with Crippen LogP contribution >= 0.6 is 11.6 Å². The van der Waals surface area contributed by atoms with Crippen LogP contribution in [0, 0.1) is 0 Å². The molecule has 0 aromatic heterocycles. The van der Waals surface area contributed by atoms with E-state index in [0.717, 1.165) is 19.3 Å². The van der Waals surface area contributed by atoms with Crippen LogP contribution in [0.25, 0.3) is 0 Å². The van der Waals surface area contributed by atoms with Crippen LogP contribution in [0.5, 0.6) is 0 Å². The fourth-order valence-corrected chi connectivity index (χ4v) is 3.98. The van der Waals surface area contributed by atoms with Crippen molar-refractivity contribution in [1.82, 2.24) is 4.72 Å². The molecular weight excluding hydrogens is 314 g/mol. The number of sulfonamides is 1. The Balaban J connectivity index is 1.96. The van der Waals surface area contributed by atoms with Crippen LogP contribution in [-0.2, 0) is 14.8 Å². The fourth-order valence-electron chi connectivity index (χ4n) is 2.59. The van der Waals surface area contributed by atoms with Crippen molar-refractivity contribution >= 4 is 33.3 Å². The molecule has 2 aliphatic rings. The van der Waals surface area contributed by atoms with Crippen molar-refractivity contribution in [3.05, 3.63) is 23.2 Å². The molecule has 21 heavy (non-hydrogen) atoms. The van der Waals surface area contributed by atoms with Gasteiger partial charge in [-0.1, -0.05) is 11.6 Å². The Labute approximate surface area is 128 Å². The van der Waals surface area contributed by atoms with Crippen LogP contribution in [-0.4, -0.2) is 33.6 Å². The number of anilines is 1. The molecule has 3 rings (SSSR count). The van der Waals surface area contributed by atoms with Crippen molar-refractivity contribution in [2.24, 2.45) is 4.99 Å². The van der Waals surface area contributed by atoms with E-state index in [1.165, 1.54) is 6.07 Å². The number of fused-ring (bicyclic) bond motifs is 1. The minimum atomic E-state index is -3.65. The Morgan fingerprint density at radius 3 is 2.81 bits per heavy atom. The normalized spacial score (nSPS) is 23.6. The van der Waals surface area contributed by atoms with E-state index < -0.39 is 10.0 Å². The summed E-state index contributed by atoms with van der Waals surface area (Å²) in [7, 11) is -2.03. The number of rotatable bonds is 3. The number of nitrogens with one attached hydrogen (secondary N) is 2. The van der Waals surface area contributed by atoms with Crippen LogP contribution in [0.1, 0.15) is 19.3 Å². The second-order valence-corrected chi connectivity index (χ2v) is 7.43. The largest absolute Gasteiger partial charge is 0.382 e. The molecule has 0 radical (unpaired) electrons. The minimum Gasteiger partial charge on any atom is -0.382 e. The van der Waals surface area contributed by atoms with Crippen molar-refractivity contribution in [2.45, 2.75) is 29.7 Å². The molecule has 0 unspecified atom stereocenters. The van der Waals surface area contributed by atoms with Crippen molar-refractivity contribution in [3.8, 4) is 0 Å². The third-order valence-corrected chi connectivity index (χ3v) is 5.38. The molecule has 1 heterocycles. The molecule has 0 bridgehead atoms. The van der Waals surface area contributed by atoms with Crippen molar-refractivity contribution < 1.29 is 13.2 Å². The zero-order valence-electron chi connectivity index (χ0n) is 11.5. The number of hydrogen-bond acceptors (Lipinski definition) is 4. The van der Waals surface area contributed by atoms with Gasteiger partial charge in [-0.3, -0.25) is 0 Å².